The lowest BCUT2D eigenvalue weighted by atomic mass is 10.2. The molecule has 6 nitrogen and oxygen atoms in total. The van der Waals surface area contributed by atoms with Crippen LogP contribution in [0.5, 0.6) is 0 Å². The third kappa shape index (κ3) is 2.10. The highest BCUT2D eigenvalue weighted by Gasteiger charge is 2.23. The molecule has 0 aliphatic rings. The Hall–Kier alpha value is -1.83. The molecular weight excluding hydrogens is 259 g/mol. The monoisotopic (exact) mass is 270 g/mol. The number of carbonyl (C=O) groups is 1. The van der Waals surface area contributed by atoms with E-state index in [1.54, 1.807) is 6.92 Å². The van der Waals surface area contributed by atoms with Gasteiger partial charge < -0.3 is 5.11 Å². The lowest BCUT2D eigenvalue weighted by Gasteiger charge is -2.03. The van der Waals surface area contributed by atoms with Crippen LogP contribution >= 0.6 is 11.3 Å². The molecule has 0 radical (unpaired) electrons. The Labute approximate surface area is 106 Å². The number of hydrogen-bond acceptors (Lipinski definition) is 5. The van der Waals surface area contributed by atoms with Crippen molar-refractivity contribution in [2.24, 2.45) is 0 Å². The third-order valence-electron chi connectivity index (χ3n) is 2.35. The first-order valence-electron chi connectivity index (χ1n) is 5.21. The molecule has 0 saturated carbocycles. The Morgan fingerprint density at radius 2 is 2.22 bits per heavy atom. The van der Waals surface area contributed by atoms with Crippen LogP contribution in [0.15, 0.2) is 0 Å². The van der Waals surface area contributed by atoms with Gasteiger partial charge in [0.2, 0.25) is 0 Å². The van der Waals surface area contributed by atoms with E-state index in [0.29, 0.717) is 16.3 Å². The van der Waals surface area contributed by atoms with Crippen molar-refractivity contribution in [1.29, 1.82) is 0 Å². The summed E-state index contributed by atoms with van der Waals surface area (Å²) in [6.45, 7) is 2.94. The molecule has 2 heterocycles. The summed E-state index contributed by atoms with van der Waals surface area (Å²) in [7, 11) is 0. The number of rotatable bonds is 4. The zero-order valence-corrected chi connectivity index (χ0v) is 10.7. The van der Waals surface area contributed by atoms with Crippen LogP contribution in [0.3, 0.4) is 0 Å². The van der Waals surface area contributed by atoms with Crippen LogP contribution in [0, 0.1) is 13.8 Å². The summed E-state index contributed by atoms with van der Waals surface area (Å²) in [6.07, 6.45) is 0. The van der Waals surface area contributed by atoms with Gasteiger partial charge in [-0.2, -0.15) is 0 Å². The lowest BCUT2D eigenvalue weighted by molar-refractivity contribution is 0.0691. The normalized spacial score (nSPS) is 10.8. The number of halogens is 1. The number of thiazole rings is 1. The lowest BCUT2D eigenvalue weighted by Crippen LogP contribution is -2.06. The van der Waals surface area contributed by atoms with Gasteiger partial charge >= 0.3 is 5.97 Å². The van der Waals surface area contributed by atoms with E-state index in [0.717, 1.165) is 5.01 Å². The molecule has 0 fully saturated rings. The van der Waals surface area contributed by atoms with E-state index in [1.807, 2.05) is 6.92 Å². The smallest absolute Gasteiger partial charge is 0.358 e. The minimum absolute atomic E-state index is 0.0218. The fourth-order valence-electron chi connectivity index (χ4n) is 1.67. The number of carboxylic acid groups (broad SMARTS) is 1. The predicted octanol–water partition coefficient (Wildman–Crippen LogP) is 1.69. The van der Waals surface area contributed by atoms with E-state index in [9.17, 15) is 9.18 Å². The minimum atomic E-state index is -1.18. The predicted molar refractivity (Wildman–Crippen MR) is 63.5 cm³/mol. The Balaban J connectivity index is 2.62. The average Bonchev–Trinajstić information content (AvgIpc) is 2.82. The fourth-order valence-corrected chi connectivity index (χ4v) is 2.64. The zero-order valence-electron chi connectivity index (χ0n) is 9.84. The molecule has 0 saturated heterocycles. The van der Waals surface area contributed by atoms with Crippen LogP contribution < -0.4 is 0 Å². The number of alkyl halides is 1. The van der Waals surface area contributed by atoms with Crippen molar-refractivity contribution < 1.29 is 14.3 Å². The van der Waals surface area contributed by atoms with Crippen molar-refractivity contribution in [3.63, 3.8) is 0 Å². The Morgan fingerprint density at radius 3 is 2.72 bits per heavy atom. The standard InChI is InChI=1S/C10H11FN4O2S/c1-5-9(18-6(2)12-5)8-7(10(16)17)13-14-15(8)4-3-11/h3-4H2,1-2H3,(H,16,17). The summed E-state index contributed by atoms with van der Waals surface area (Å²) in [5.41, 5.74) is 0.848. The van der Waals surface area contributed by atoms with E-state index in [4.69, 9.17) is 5.11 Å². The van der Waals surface area contributed by atoms with Crippen LogP contribution in [0.25, 0.3) is 10.6 Å². The molecule has 0 aliphatic carbocycles. The number of hydrogen-bond donors (Lipinski definition) is 1. The van der Waals surface area contributed by atoms with Crippen molar-refractivity contribution in [2.45, 2.75) is 20.4 Å². The second kappa shape index (κ2) is 4.81. The van der Waals surface area contributed by atoms with Crippen LogP contribution in [0.1, 0.15) is 21.2 Å². The van der Waals surface area contributed by atoms with E-state index in [-0.39, 0.29) is 12.2 Å². The summed E-state index contributed by atoms with van der Waals surface area (Å²) in [5.74, 6) is -1.18. The van der Waals surface area contributed by atoms with E-state index >= 15 is 0 Å². The van der Waals surface area contributed by atoms with Gasteiger partial charge in [-0.15, -0.1) is 16.4 Å². The molecular formula is C10H11FN4O2S. The number of aromatic carboxylic acids is 1. The molecule has 0 aromatic carbocycles. The zero-order chi connectivity index (χ0) is 13.3. The Kier molecular flexibility index (Phi) is 3.37. The van der Waals surface area contributed by atoms with E-state index in [1.165, 1.54) is 16.0 Å². The maximum absolute atomic E-state index is 12.4. The van der Waals surface area contributed by atoms with Crippen LogP contribution in [-0.2, 0) is 6.54 Å². The molecule has 96 valence electrons. The molecule has 0 bridgehead atoms. The van der Waals surface area contributed by atoms with Gasteiger partial charge in [-0.25, -0.2) is 18.9 Å². The maximum atomic E-state index is 12.4. The maximum Gasteiger partial charge on any atom is 0.358 e. The molecule has 0 aliphatic heterocycles. The first kappa shape index (κ1) is 12.6. The molecule has 18 heavy (non-hydrogen) atoms. The summed E-state index contributed by atoms with van der Waals surface area (Å²) < 4.78 is 13.7. The van der Waals surface area contributed by atoms with Crippen molar-refractivity contribution >= 4 is 17.3 Å². The van der Waals surface area contributed by atoms with Crippen molar-refractivity contribution in [3.8, 4) is 10.6 Å². The fraction of sp³-hybridized carbons (Fsp3) is 0.400. The van der Waals surface area contributed by atoms with Crippen molar-refractivity contribution in [3.05, 3.63) is 16.4 Å². The largest absolute Gasteiger partial charge is 0.476 e. The highest BCUT2D eigenvalue weighted by Crippen LogP contribution is 2.31. The van der Waals surface area contributed by atoms with Gasteiger partial charge in [0.15, 0.2) is 5.69 Å². The molecule has 8 heteroatoms. The quantitative estimate of drug-likeness (QED) is 0.914. The van der Waals surface area contributed by atoms with Gasteiger partial charge in [0.1, 0.15) is 12.4 Å². The number of aromatic nitrogens is 4. The van der Waals surface area contributed by atoms with Gasteiger partial charge in [0.05, 0.1) is 22.1 Å². The summed E-state index contributed by atoms with van der Waals surface area (Å²) >= 11 is 1.35. The number of aryl methyl sites for hydroxylation is 3. The van der Waals surface area contributed by atoms with Gasteiger partial charge in [-0.05, 0) is 13.8 Å². The SMILES string of the molecule is Cc1nc(C)c(-c2c(C(=O)O)nnn2CCF)s1. The summed E-state index contributed by atoms with van der Waals surface area (Å²) in [6, 6.07) is 0. The third-order valence-corrected chi connectivity index (χ3v) is 3.43. The minimum Gasteiger partial charge on any atom is -0.476 e. The highest BCUT2D eigenvalue weighted by atomic mass is 32.1. The van der Waals surface area contributed by atoms with Crippen molar-refractivity contribution in [1.82, 2.24) is 20.0 Å². The van der Waals surface area contributed by atoms with Gasteiger partial charge in [-0.3, -0.25) is 0 Å². The molecule has 2 aromatic rings. The van der Waals surface area contributed by atoms with Gasteiger partial charge in [0.25, 0.3) is 0 Å². The number of carboxylic acids is 1. The molecule has 0 amide bonds. The first-order valence-corrected chi connectivity index (χ1v) is 6.03. The Bertz CT molecular complexity index is 593. The molecule has 2 rings (SSSR count). The molecule has 0 unspecified atom stereocenters. The van der Waals surface area contributed by atoms with Gasteiger partial charge in [-0.1, -0.05) is 5.21 Å². The Morgan fingerprint density at radius 1 is 1.50 bits per heavy atom. The average molecular weight is 270 g/mol. The molecule has 0 atom stereocenters. The summed E-state index contributed by atoms with van der Waals surface area (Å²) in [4.78, 5) is 16.0. The van der Waals surface area contributed by atoms with Crippen LogP contribution in [-0.4, -0.2) is 37.7 Å². The number of nitrogens with zero attached hydrogens (tertiary/aromatic N) is 4. The molecule has 1 N–H and O–H groups in total. The highest BCUT2D eigenvalue weighted by molar-refractivity contribution is 7.15. The summed E-state index contributed by atoms with van der Waals surface area (Å²) in [5, 5.41) is 17.2. The first-order chi connectivity index (χ1) is 8.54. The molecule has 2 aromatic heterocycles. The molecule has 0 spiro atoms. The van der Waals surface area contributed by atoms with E-state index < -0.39 is 12.6 Å². The van der Waals surface area contributed by atoms with Gasteiger partial charge in [0, 0.05) is 0 Å². The second-order valence-corrected chi connectivity index (χ2v) is 4.85. The second-order valence-electron chi connectivity index (χ2n) is 3.65. The van der Waals surface area contributed by atoms with Crippen LogP contribution in [0.4, 0.5) is 4.39 Å². The topological polar surface area (TPSA) is 80.9 Å². The van der Waals surface area contributed by atoms with Crippen molar-refractivity contribution in [2.75, 3.05) is 6.67 Å². The van der Waals surface area contributed by atoms with E-state index in [2.05, 4.69) is 15.3 Å². The van der Waals surface area contributed by atoms with Crippen LogP contribution in [0.2, 0.25) is 0 Å².